The number of oxime groups is 1. The molecule has 1 aliphatic rings. The summed E-state index contributed by atoms with van der Waals surface area (Å²) in [6.07, 6.45) is 1.70. The summed E-state index contributed by atoms with van der Waals surface area (Å²) in [4.78, 5) is 5.00. The second kappa shape index (κ2) is 5.71. The molecule has 1 heterocycles. The quantitative estimate of drug-likeness (QED) is 0.529. The zero-order valence-corrected chi connectivity index (χ0v) is 9.06. The first-order chi connectivity index (χ1) is 5.84. The molecule has 0 N–H and O–H groups in total. The Kier molecular flexibility index (Phi) is 4.86. The van der Waals surface area contributed by atoms with Gasteiger partial charge in [0.15, 0.2) is 0 Å². The second-order valence-corrected chi connectivity index (χ2v) is 4.01. The van der Waals surface area contributed by atoms with E-state index in [0.29, 0.717) is 19.8 Å². The normalized spacial score (nSPS) is 34.2. The van der Waals surface area contributed by atoms with E-state index in [9.17, 15) is 0 Å². The van der Waals surface area contributed by atoms with Crippen LogP contribution in [-0.4, -0.2) is 43.2 Å². The van der Waals surface area contributed by atoms with Crippen molar-refractivity contribution in [1.29, 1.82) is 0 Å². The van der Waals surface area contributed by atoms with Gasteiger partial charge in [-0.25, -0.2) is 0 Å². The lowest BCUT2D eigenvalue weighted by Crippen LogP contribution is -2.30. The summed E-state index contributed by atoms with van der Waals surface area (Å²) >= 11 is 2.27. The molecular weight excluding hydrogens is 273 g/mol. The number of halogens is 1. The van der Waals surface area contributed by atoms with Crippen LogP contribution in [0.5, 0.6) is 0 Å². The summed E-state index contributed by atoms with van der Waals surface area (Å²) in [5, 5.41) is 3.70. The van der Waals surface area contributed by atoms with E-state index in [1.54, 1.807) is 13.3 Å². The van der Waals surface area contributed by atoms with Crippen molar-refractivity contribution in [3.63, 3.8) is 0 Å². The Morgan fingerprint density at radius 2 is 2.42 bits per heavy atom. The third-order valence-corrected chi connectivity index (χ3v) is 2.73. The molecular formula is C7H12INO3. The van der Waals surface area contributed by atoms with Gasteiger partial charge in [0.05, 0.1) is 29.5 Å². The Balaban J connectivity index is 2.42. The Morgan fingerprint density at radius 1 is 1.58 bits per heavy atom. The van der Waals surface area contributed by atoms with Gasteiger partial charge in [-0.1, -0.05) is 27.7 Å². The summed E-state index contributed by atoms with van der Waals surface area (Å²) in [7, 11) is 1.68. The number of rotatable bonds is 1. The number of nitrogens with zero attached hydrogens (tertiary/aromatic N) is 1. The van der Waals surface area contributed by atoms with Gasteiger partial charge in [-0.05, 0) is 0 Å². The summed E-state index contributed by atoms with van der Waals surface area (Å²) < 4.78 is 10.8. The number of hydrogen-bond donors (Lipinski definition) is 0. The van der Waals surface area contributed by atoms with Crippen LogP contribution < -0.4 is 0 Å². The molecule has 70 valence electrons. The average Bonchev–Trinajstić information content (AvgIpc) is 2.17. The van der Waals surface area contributed by atoms with E-state index < -0.39 is 0 Å². The number of hydrogen-bond acceptors (Lipinski definition) is 4. The fourth-order valence-corrected chi connectivity index (χ4v) is 1.52. The van der Waals surface area contributed by atoms with Gasteiger partial charge in [0.2, 0.25) is 0 Å². The van der Waals surface area contributed by atoms with E-state index in [-0.39, 0.29) is 10.0 Å². The molecule has 0 amide bonds. The maximum absolute atomic E-state index is 5.27. The SMILES string of the molecule is CO[C@H]1COC/C=N/OC[C@H]1I. The van der Waals surface area contributed by atoms with Crippen LogP contribution in [-0.2, 0) is 14.3 Å². The van der Waals surface area contributed by atoms with Crippen molar-refractivity contribution >= 4 is 28.8 Å². The van der Waals surface area contributed by atoms with E-state index in [0.717, 1.165) is 0 Å². The molecule has 0 saturated heterocycles. The lowest BCUT2D eigenvalue weighted by molar-refractivity contribution is 0.0125. The average molecular weight is 285 g/mol. The van der Waals surface area contributed by atoms with Crippen molar-refractivity contribution in [1.82, 2.24) is 0 Å². The smallest absolute Gasteiger partial charge is 0.131 e. The second-order valence-electron chi connectivity index (χ2n) is 2.41. The molecule has 0 fully saturated rings. The molecule has 4 nitrogen and oxygen atoms in total. The topological polar surface area (TPSA) is 40.0 Å². The summed E-state index contributed by atoms with van der Waals surface area (Å²) in [5.74, 6) is 0. The van der Waals surface area contributed by atoms with Gasteiger partial charge in [-0.15, -0.1) is 0 Å². The highest BCUT2D eigenvalue weighted by Gasteiger charge is 2.19. The first-order valence-electron chi connectivity index (χ1n) is 3.73. The molecule has 0 aromatic heterocycles. The van der Waals surface area contributed by atoms with Crippen LogP contribution in [0.3, 0.4) is 0 Å². The predicted molar refractivity (Wildman–Crippen MR) is 53.9 cm³/mol. The molecule has 0 saturated carbocycles. The maximum atomic E-state index is 5.27. The van der Waals surface area contributed by atoms with Gasteiger partial charge in [0.25, 0.3) is 0 Å². The molecule has 12 heavy (non-hydrogen) atoms. The summed E-state index contributed by atoms with van der Waals surface area (Å²) in [5.41, 5.74) is 0. The van der Waals surface area contributed by atoms with Crippen LogP contribution in [0, 0.1) is 0 Å². The first kappa shape index (κ1) is 10.2. The van der Waals surface area contributed by atoms with Crippen molar-refractivity contribution in [2.24, 2.45) is 5.16 Å². The van der Waals surface area contributed by atoms with Crippen molar-refractivity contribution in [2.45, 2.75) is 10.0 Å². The number of alkyl halides is 1. The third kappa shape index (κ3) is 3.24. The largest absolute Gasteiger partial charge is 0.395 e. The highest BCUT2D eigenvalue weighted by molar-refractivity contribution is 14.1. The summed E-state index contributed by atoms with van der Waals surface area (Å²) in [6.45, 7) is 1.65. The highest BCUT2D eigenvalue weighted by Crippen LogP contribution is 2.11. The van der Waals surface area contributed by atoms with E-state index >= 15 is 0 Å². The lowest BCUT2D eigenvalue weighted by atomic mass is 10.3. The minimum Gasteiger partial charge on any atom is -0.395 e. The van der Waals surface area contributed by atoms with Gasteiger partial charge in [0, 0.05) is 7.11 Å². The first-order valence-corrected chi connectivity index (χ1v) is 4.97. The standard InChI is InChI=1S/C7H12INO3/c1-10-7-5-11-3-2-9-12-4-6(7)8/h2,6-7H,3-5H2,1H3/b9-2+/t6-,7+/m1/s1. The van der Waals surface area contributed by atoms with E-state index in [1.807, 2.05) is 0 Å². The van der Waals surface area contributed by atoms with Gasteiger partial charge >= 0.3 is 0 Å². The van der Waals surface area contributed by atoms with Gasteiger partial charge in [-0.2, -0.15) is 0 Å². The highest BCUT2D eigenvalue weighted by atomic mass is 127. The van der Waals surface area contributed by atoms with Crippen LogP contribution >= 0.6 is 22.6 Å². The van der Waals surface area contributed by atoms with Crippen molar-refractivity contribution in [3.8, 4) is 0 Å². The molecule has 1 aliphatic heterocycles. The maximum Gasteiger partial charge on any atom is 0.131 e. The van der Waals surface area contributed by atoms with Crippen LogP contribution in [0.25, 0.3) is 0 Å². The predicted octanol–water partition coefficient (Wildman–Crippen LogP) is 0.838. The molecule has 0 radical (unpaired) electrons. The zero-order chi connectivity index (χ0) is 8.81. The Morgan fingerprint density at radius 3 is 3.17 bits per heavy atom. The fraction of sp³-hybridized carbons (Fsp3) is 0.857. The number of methoxy groups -OCH3 is 1. The fourth-order valence-electron chi connectivity index (χ4n) is 0.862. The van der Waals surface area contributed by atoms with Gasteiger partial charge < -0.3 is 14.3 Å². The Hall–Kier alpha value is 0.120. The monoisotopic (exact) mass is 285 g/mol. The molecule has 0 aromatic carbocycles. The molecule has 0 unspecified atom stereocenters. The van der Waals surface area contributed by atoms with Gasteiger partial charge in [0.1, 0.15) is 6.61 Å². The van der Waals surface area contributed by atoms with Crippen molar-refractivity contribution in [3.05, 3.63) is 0 Å². The molecule has 2 atom stereocenters. The molecule has 0 bridgehead atoms. The number of ether oxygens (including phenoxy) is 2. The van der Waals surface area contributed by atoms with Crippen LogP contribution in [0.2, 0.25) is 0 Å². The van der Waals surface area contributed by atoms with E-state index in [4.69, 9.17) is 14.3 Å². The Labute approximate surface area is 85.4 Å². The molecule has 0 aliphatic carbocycles. The zero-order valence-electron chi connectivity index (χ0n) is 6.90. The van der Waals surface area contributed by atoms with E-state index in [2.05, 4.69) is 27.7 Å². The van der Waals surface area contributed by atoms with Crippen LogP contribution in [0.15, 0.2) is 5.16 Å². The van der Waals surface area contributed by atoms with Crippen molar-refractivity contribution < 1.29 is 14.3 Å². The molecule has 0 aromatic rings. The third-order valence-electron chi connectivity index (χ3n) is 1.56. The molecule has 1 rings (SSSR count). The Bertz CT molecular complexity index is 154. The minimum atomic E-state index is 0.0901. The molecule has 0 spiro atoms. The van der Waals surface area contributed by atoms with Crippen LogP contribution in [0.4, 0.5) is 0 Å². The summed E-state index contributed by atoms with van der Waals surface area (Å²) in [6, 6.07) is 0. The van der Waals surface area contributed by atoms with Gasteiger partial charge in [-0.3, -0.25) is 0 Å². The molecule has 5 heteroatoms. The van der Waals surface area contributed by atoms with E-state index in [1.165, 1.54) is 0 Å². The van der Waals surface area contributed by atoms with Crippen LogP contribution in [0.1, 0.15) is 0 Å². The van der Waals surface area contributed by atoms with Crippen molar-refractivity contribution in [2.75, 3.05) is 26.9 Å². The lowest BCUT2D eigenvalue weighted by Gasteiger charge is -2.18. The minimum absolute atomic E-state index is 0.0901.